The van der Waals surface area contributed by atoms with Gasteiger partial charge in [-0.15, -0.1) is 0 Å². The van der Waals surface area contributed by atoms with Crippen molar-refractivity contribution >= 4 is 5.91 Å². The van der Waals surface area contributed by atoms with Gasteiger partial charge in [-0.25, -0.2) is 0 Å². The third-order valence-electron chi connectivity index (χ3n) is 6.45. The highest BCUT2D eigenvalue weighted by molar-refractivity contribution is 5.99. The second kappa shape index (κ2) is 10.5. The van der Waals surface area contributed by atoms with Gasteiger partial charge in [0.25, 0.3) is 5.91 Å². The van der Waals surface area contributed by atoms with Gasteiger partial charge >= 0.3 is 0 Å². The lowest BCUT2D eigenvalue weighted by Gasteiger charge is -2.33. The fourth-order valence-electron chi connectivity index (χ4n) is 4.63. The number of nitrogens with two attached hydrogens (primary N) is 1. The lowest BCUT2D eigenvalue weighted by molar-refractivity contribution is -0.0368. The van der Waals surface area contributed by atoms with E-state index in [2.05, 4.69) is 11.9 Å². The third-order valence-corrected chi connectivity index (χ3v) is 6.45. The topological polar surface area (TPSA) is 95.7 Å². The molecular weight excluding hydrogens is 438 g/mol. The van der Waals surface area contributed by atoms with E-state index in [1.807, 2.05) is 24.3 Å². The smallest absolute Gasteiger partial charge is 0.258 e. The molecular formula is C25H33N3O6. The summed E-state index contributed by atoms with van der Waals surface area (Å²) in [6, 6.07) is 9.48. The first-order valence-electron chi connectivity index (χ1n) is 11.4. The number of morpholine rings is 1. The Bertz CT molecular complexity index is 1010. The zero-order chi connectivity index (χ0) is 24.2. The predicted octanol–water partition coefficient (Wildman–Crippen LogP) is 2.16. The molecule has 2 aliphatic rings. The Morgan fingerprint density at radius 3 is 2.38 bits per heavy atom. The Hall–Kier alpha value is -3.01. The molecule has 9 heteroatoms. The third kappa shape index (κ3) is 4.64. The zero-order valence-electron chi connectivity index (χ0n) is 20.2. The molecule has 1 amide bonds. The Balaban J connectivity index is 1.68. The minimum Gasteiger partial charge on any atom is -0.492 e. The molecule has 2 aliphatic heterocycles. The molecule has 0 saturated carbocycles. The fraction of sp³-hybridized carbons (Fsp3) is 0.480. The molecule has 34 heavy (non-hydrogen) atoms. The van der Waals surface area contributed by atoms with Gasteiger partial charge in [-0.05, 0) is 37.7 Å². The average Bonchev–Trinajstić information content (AvgIpc) is 3.30. The van der Waals surface area contributed by atoms with Crippen molar-refractivity contribution < 1.29 is 28.5 Å². The van der Waals surface area contributed by atoms with Crippen LogP contribution in [-0.2, 0) is 11.2 Å². The van der Waals surface area contributed by atoms with Gasteiger partial charge in [0.2, 0.25) is 11.5 Å². The number of fused-ring (bicyclic) bond motifs is 1. The number of likely N-dealkylation sites (N-methyl/N-ethyl adjacent to an activating group) is 1. The molecule has 0 bridgehead atoms. The van der Waals surface area contributed by atoms with Gasteiger partial charge in [0.1, 0.15) is 5.75 Å². The number of hydrogen-bond acceptors (Lipinski definition) is 8. The van der Waals surface area contributed by atoms with Crippen molar-refractivity contribution in [1.29, 1.82) is 0 Å². The number of carbonyl (C=O) groups excluding carboxylic acids is 1. The molecule has 2 atom stereocenters. The Morgan fingerprint density at radius 1 is 1.06 bits per heavy atom. The van der Waals surface area contributed by atoms with E-state index in [-0.39, 0.29) is 18.1 Å². The molecule has 2 N–H and O–H groups in total. The standard InChI is InChI=1S/C25H33N3O6/c1-27-11-12-33-21-15-28(14-19(21)27)25(29)18-13-20(23(31-3)24(32-4)22(18)30-2)34-17-7-5-16(6-8-17)9-10-26/h5-8,13,19,21H,9-12,14-15,26H2,1-4H3/t19-,21-/m0/s1. The van der Waals surface area contributed by atoms with Crippen LogP contribution in [-0.4, -0.2) is 89.0 Å². The summed E-state index contributed by atoms with van der Waals surface area (Å²) in [6.07, 6.45) is 0.784. The minimum atomic E-state index is -0.174. The highest BCUT2D eigenvalue weighted by Crippen LogP contribution is 2.48. The van der Waals surface area contributed by atoms with Crippen LogP contribution in [0.5, 0.6) is 28.7 Å². The maximum Gasteiger partial charge on any atom is 0.258 e. The molecule has 2 heterocycles. The number of amides is 1. The van der Waals surface area contributed by atoms with Crippen LogP contribution < -0.4 is 24.7 Å². The van der Waals surface area contributed by atoms with E-state index in [0.29, 0.717) is 60.6 Å². The molecule has 0 aliphatic carbocycles. The summed E-state index contributed by atoms with van der Waals surface area (Å²) in [5.74, 6) is 1.74. The first-order valence-corrected chi connectivity index (χ1v) is 11.4. The molecule has 2 fully saturated rings. The van der Waals surface area contributed by atoms with Crippen molar-refractivity contribution in [3.63, 3.8) is 0 Å². The van der Waals surface area contributed by atoms with E-state index in [1.165, 1.54) is 21.3 Å². The Labute approximate surface area is 200 Å². The second-order valence-corrected chi connectivity index (χ2v) is 8.47. The summed E-state index contributed by atoms with van der Waals surface area (Å²) in [5, 5.41) is 0. The van der Waals surface area contributed by atoms with Crippen molar-refractivity contribution in [3.05, 3.63) is 41.5 Å². The number of nitrogens with zero attached hydrogens (tertiary/aromatic N) is 2. The largest absolute Gasteiger partial charge is 0.492 e. The lowest BCUT2D eigenvalue weighted by Crippen LogP contribution is -2.48. The van der Waals surface area contributed by atoms with E-state index < -0.39 is 0 Å². The zero-order valence-corrected chi connectivity index (χ0v) is 20.2. The summed E-state index contributed by atoms with van der Waals surface area (Å²) in [5.41, 5.74) is 7.10. The van der Waals surface area contributed by atoms with Gasteiger partial charge < -0.3 is 34.3 Å². The van der Waals surface area contributed by atoms with E-state index in [4.69, 9.17) is 29.4 Å². The Morgan fingerprint density at radius 2 is 1.76 bits per heavy atom. The maximum absolute atomic E-state index is 13.7. The second-order valence-electron chi connectivity index (χ2n) is 8.47. The minimum absolute atomic E-state index is 0.00315. The van der Waals surface area contributed by atoms with Gasteiger partial charge in [0, 0.05) is 25.7 Å². The Kier molecular flexibility index (Phi) is 7.45. The fourth-order valence-corrected chi connectivity index (χ4v) is 4.63. The van der Waals surface area contributed by atoms with E-state index in [0.717, 1.165) is 18.5 Å². The number of likely N-dealkylation sites (tertiary alicyclic amines) is 1. The number of ether oxygens (including phenoxy) is 5. The predicted molar refractivity (Wildman–Crippen MR) is 127 cm³/mol. The van der Waals surface area contributed by atoms with Crippen molar-refractivity contribution in [2.75, 3.05) is 61.2 Å². The normalized spacial score (nSPS) is 20.1. The van der Waals surface area contributed by atoms with E-state index in [9.17, 15) is 4.79 Å². The van der Waals surface area contributed by atoms with Crippen molar-refractivity contribution in [3.8, 4) is 28.7 Å². The summed E-state index contributed by atoms with van der Waals surface area (Å²) in [7, 11) is 6.60. The summed E-state index contributed by atoms with van der Waals surface area (Å²) in [6.45, 7) is 3.20. The van der Waals surface area contributed by atoms with Crippen LogP contribution >= 0.6 is 0 Å². The molecule has 4 rings (SSSR count). The molecule has 184 valence electrons. The highest BCUT2D eigenvalue weighted by atomic mass is 16.5. The molecule has 9 nitrogen and oxygen atoms in total. The van der Waals surface area contributed by atoms with Crippen LogP contribution in [0.2, 0.25) is 0 Å². The molecule has 2 aromatic carbocycles. The van der Waals surface area contributed by atoms with Gasteiger partial charge in [-0.3, -0.25) is 9.69 Å². The average molecular weight is 472 g/mol. The van der Waals surface area contributed by atoms with Gasteiger partial charge in [0.05, 0.1) is 45.6 Å². The van der Waals surface area contributed by atoms with Crippen LogP contribution in [0.15, 0.2) is 30.3 Å². The number of methoxy groups -OCH3 is 3. The van der Waals surface area contributed by atoms with Crippen molar-refractivity contribution in [1.82, 2.24) is 9.80 Å². The molecule has 0 unspecified atom stereocenters. The number of carbonyl (C=O) groups is 1. The van der Waals surface area contributed by atoms with Crippen LogP contribution in [0.1, 0.15) is 15.9 Å². The maximum atomic E-state index is 13.7. The van der Waals surface area contributed by atoms with E-state index in [1.54, 1.807) is 11.0 Å². The summed E-state index contributed by atoms with van der Waals surface area (Å²) < 4.78 is 28.9. The summed E-state index contributed by atoms with van der Waals surface area (Å²) >= 11 is 0. The number of hydrogen-bond donors (Lipinski definition) is 1. The molecule has 0 aromatic heterocycles. The molecule has 2 saturated heterocycles. The van der Waals surface area contributed by atoms with Crippen molar-refractivity contribution in [2.24, 2.45) is 5.73 Å². The number of rotatable bonds is 8. The summed E-state index contributed by atoms with van der Waals surface area (Å²) in [4.78, 5) is 17.7. The van der Waals surface area contributed by atoms with Gasteiger partial charge in [0.15, 0.2) is 11.5 Å². The quantitative estimate of drug-likeness (QED) is 0.626. The van der Waals surface area contributed by atoms with Crippen molar-refractivity contribution in [2.45, 2.75) is 18.6 Å². The SMILES string of the molecule is COc1c(Oc2ccc(CCN)cc2)cc(C(=O)N2C[C@@H]3OCCN(C)[C@H]3C2)c(OC)c1OC. The van der Waals surface area contributed by atoms with Gasteiger partial charge in [-0.2, -0.15) is 0 Å². The van der Waals surface area contributed by atoms with Crippen LogP contribution in [0, 0.1) is 0 Å². The monoisotopic (exact) mass is 471 g/mol. The van der Waals surface area contributed by atoms with Crippen LogP contribution in [0.3, 0.4) is 0 Å². The molecule has 0 spiro atoms. The number of benzene rings is 2. The first-order chi connectivity index (χ1) is 16.5. The first kappa shape index (κ1) is 24.1. The van der Waals surface area contributed by atoms with E-state index >= 15 is 0 Å². The molecule has 0 radical (unpaired) electrons. The van der Waals surface area contributed by atoms with Gasteiger partial charge in [-0.1, -0.05) is 12.1 Å². The van der Waals surface area contributed by atoms with Crippen LogP contribution in [0.25, 0.3) is 0 Å². The molecule has 2 aromatic rings. The highest BCUT2D eigenvalue weighted by Gasteiger charge is 2.41. The lowest BCUT2D eigenvalue weighted by atomic mass is 10.1. The van der Waals surface area contributed by atoms with Crippen LogP contribution in [0.4, 0.5) is 0 Å².